The fourth-order valence-corrected chi connectivity index (χ4v) is 12.4. The van der Waals surface area contributed by atoms with Gasteiger partial charge in [0.1, 0.15) is 11.6 Å². The smallest absolute Gasteiger partial charge is 0.149 e. The first-order chi connectivity index (χ1) is 29.8. The summed E-state index contributed by atoms with van der Waals surface area (Å²) >= 11 is 0. The second-order valence-corrected chi connectivity index (χ2v) is 26.3. The lowest BCUT2D eigenvalue weighted by Crippen LogP contribution is -2.38. The van der Waals surface area contributed by atoms with Gasteiger partial charge in [-0.25, -0.2) is 4.98 Å². The molecule has 1 N–H and O–H groups in total. The molecule has 0 saturated heterocycles. The Hall–Kier alpha value is -6.04. The quantitative estimate of drug-likeness (QED) is 0.170. The Labute approximate surface area is 375 Å². The molecule has 5 heteroatoms. The summed E-state index contributed by atoms with van der Waals surface area (Å²) in [7, 11) is -1.79. The summed E-state index contributed by atoms with van der Waals surface area (Å²) in [6, 6.07) is 49.4. The Morgan fingerprint density at radius 1 is 0.556 bits per heavy atom. The zero-order valence-corrected chi connectivity index (χ0v) is 40.0. The molecule has 1 aliphatic heterocycles. The molecule has 0 spiro atoms. The van der Waals surface area contributed by atoms with E-state index in [0.29, 0.717) is 5.75 Å². The molecule has 6 aromatic carbocycles. The highest BCUT2D eigenvalue weighted by atomic mass is 28.3. The Kier molecular flexibility index (Phi) is 10.3. The first kappa shape index (κ1) is 42.3. The molecule has 0 saturated carbocycles. The molecule has 0 unspecified atom stereocenters. The molecule has 9 rings (SSSR count). The summed E-state index contributed by atoms with van der Waals surface area (Å²) in [6.45, 7) is 25.3. The maximum Gasteiger partial charge on any atom is 0.149 e. The summed E-state index contributed by atoms with van der Waals surface area (Å²) in [5.41, 5.74) is 16.8. The Morgan fingerprint density at radius 2 is 1.22 bits per heavy atom. The number of aromatic hydroxyl groups is 1. The van der Waals surface area contributed by atoms with E-state index in [1.807, 2.05) is 6.20 Å². The number of imidazole rings is 1. The third-order valence-corrected chi connectivity index (χ3v) is 16.7. The molecule has 0 aliphatic carbocycles. The van der Waals surface area contributed by atoms with Crippen molar-refractivity contribution in [2.24, 2.45) is 0 Å². The molecule has 8 aromatic rings. The maximum absolute atomic E-state index is 12.8. The standard InChI is InChI=1S/C58H61N3OSi/c1-56(2,3)42-25-26-49(46(35-42)38-21-16-13-17-22-38)61-50-24-18-23-44(53(50)60-55(61)47-36-51-45(28-30-63(51,10)11)52(54(47)62)58(7,8)9)40-31-41(33-43(32-40)57(4,5)6)48-34-39(27-29-59-48)37-19-14-12-15-20-37/h12-27,29,31-36,62H,28,30H2,1-11H3. The van der Waals surface area contributed by atoms with E-state index in [-0.39, 0.29) is 16.2 Å². The largest absolute Gasteiger partial charge is 0.507 e. The molecule has 0 fully saturated rings. The number of nitrogens with zero attached hydrogens (tertiary/aromatic N) is 3. The fourth-order valence-electron chi connectivity index (χ4n) is 9.69. The molecule has 3 heterocycles. The van der Waals surface area contributed by atoms with E-state index >= 15 is 0 Å². The van der Waals surface area contributed by atoms with Gasteiger partial charge in [0.25, 0.3) is 0 Å². The molecular formula is C58H61N3OSi. The van der Waals surface area contributed by atoms with E-state index < -0.39 is 8.07 Å². The molecular weight excluding hydrogens is 783 g/mol. The Balaban J connectivity index is 1.37. The van der Waals surface area contributed by atoms with Crippen molar-refractivity contribution in [3.8, 4) is 67.5 Å². The van der Waals surface area contributed by atoms with Crippen molar-refractivity contribution < 1.29 is 5.11 Å². The first-order valence-corrected chi connectivity index (χ1v) is 25.8. The van der Waals surface area contributed by atoms with Crippen LogP contribution < -0.4 is 5.19 Å². The van der Waals surface area contributed by atoms with E-state index in [1.54, 1.807) is 0 Å². The predicted octanol–water partition coefficient (Wildman–Crippen LogP) is 14.8. The third kappa shape index (κ3) is 7.75. The van der Waals surface area contributed by atoms with Gasteiger partial charge in [-0.2, -0.15) is 0 Å². The van der Waals surface area contributed by atoms with Gasteiger partial charge in [-0.15, -0.1) is 0 Å². The summed E-state index contributed by atoms with van der Waals surface area (Å²) in [5, 5.41) is 14.2. The van der Waals surface area contributed by atoms with Crippen LogP contribution in [0.25, 0.3) is 72.7 Å². The van der Waals surface area contributed by atoms with Crippen LogP contribution in [0.3, 0.4) is 0 Å². The van der Waals surface area contributed by atoms with Crippen LogP contribution in [0.1, 0.15) is 84.6 Å². The van der Waals surface area contributed by atoms with Crippen molar-refractivity contribution in [2.75, 3.05) is 0 Å². The van der Waals surface area contributed by atoms with Crippen molar-refractivity contribution in [1.29, 1.82) is 0 Å². The number of hydrogen-bond donors (Lipinski definition) is 1. The van der Waals surface area contributed by atoms with Crippen molar-refractivity contribution in [2.45, 2.75) is 104 Å². The second kappa shape index (κ2) is 15.3. The highest BCUT2D eigenvalue weighted by molar-refractivity contribution is 6.91. The van der Waals surface area contributed by atoms with E-state index in [9.17, 15) is 5.11 Å². The number of para-hydroxylation sites is 1. The monoisotopic (exact) mass is 843 g/mol. The van der Waals surface area contributed by atoms with E-state index in [1.165, 1.54) is 27.9 Å². The molecule has 1 aliphatic rings. The third-order valence-electron chi connectivity index (χ3n) is 13.3. The molecule has 2 aromatic heterocycles. The van der Waals surface area contributed by atoms with Gasteiger partial charge in [-0.05, 0) is 116 Å². The van der Waals surface area contributed by atoms with E-state index in [0.717, 1.165) is 84.7 Å². The molecule has 4 nitrogen and oxygen atoms in total. The van der Waals surface area contributed by atoms with Crippen LogP contribution in [-0.4, -0.2) is 27.7 Å². The van der Waals surface area contributed by atoms with Gasteiger partial charge in [0.2, 0.25) is 0 Å². The van der Waals surface area contributed by atoms with E-state index in [4.69, 9.17) is 9.97 Å². The topological polar surface area (TPSA) is 50.9 Å². The minimum Gasteiger partial charge on any atom is -0.507 e. The number of aromatic nitrogens is 3. The summed E-state index contributed by atoms with van der Waals surface area (Å²) < 4.78 is 2.34. The number of rotatable bonds is 6. The average Bonchev–Trinajstić information content (AvgIpc) is 3.78. The number of phenolic OH excluding ortho intramolecular Hbond substituents is 1. The number of hydrogen-bond acceptors (Lipinski definition) is 3. The molecule has 0 amide bonds. The lowest BCUT2D eigenvalue weighted by Gasteiger charge is -2.28. The fraction of sp³-hybridized carbons (Fsp3) is 0.276. The van der Waals surface area contributed by atoms with Gasteiger partial charge >= 0.3 is 0 Å². The van der Waals surface area contributed by atoms with Crippen LogP contribution in [0.4, 0.5) is 0 Å². The number of pyridine rings is 1. The average molecular weight is 844 g/mol. The summed E-state index contributed by atoms with van der Waals surface area (Å²) in [4.78, 5) is 10.7. The lowest BCUT2D eigenvalue weighted by atomic mass is 9.81. The van der Waals surface area contributed by atoms with Crippen molar-refractivity contribution in [3.05, 3.63) is 162 Å². The minimum atomic E-state index is -1.79. The van der Waals surface area contributed by atoms with Crippen molar-refractivity contribution in [1.82, 2.24) is 14.5 Å². The Morgan fingerprint density at radius 3 is 1.89 bits per heavy atom. The zero-order valence-electron chi connectivity index (χ0n) is 39.0. The second-order valence-electron chi connectivity index (χ2n) is 21.4. The Bertz CT molecular complexity index is 3030. The van der Waals surface area contributed by atoms with Gasteiger partial charge < -0.3 is 5.11 Å². The first-order valence-electron chi connectivity index (χ1n) is 22.6. The lowest BCUT2D eigenvalue weighted by molar-refractivity contribution is 0.446. The predicted molar refractivity (Wildman–Crippen MR) is 269 cm³/mol. The van der Waals surface area contributed by atoms with Crippen LogP contribution in [0.15, 0.2) is 140 Å². The highest BCUT2D eigenvalue weighted by Gasteiger charge is 2.39. The number of phenols is 1. The zero-order chi connectivity index (χ0) is 44.6. The normalized spacial score (nSPS) is 14.0. The SMILES string of the molecule is CC(C)(C)c1cc(-c2cc(-c3ccccc3)ccn2)cc(-c2cccc3c2nc(-c2cc4c(c(C(C)(C)C)c2O)CC[Si]4(C)C)n3-c2ccc(C(C)(C)C)cc2-c2ccccc2)c1. The maximum atomic E-state index is 12.8. The van der Waals surface area contributed by atoms with Gasteiger partial charge in [0.15, 0.2) is 0 Å². The molecule has 63 heavy (non-hydrogen) atoms. The van der Waals surface area contributed by atoms with E-state index in [2.05, 4.69) is 213 Å². The summed E-state index contributed by atoms with van der Waals surface area (Å²) in [6.07, 6.45) is 2.93. The van der Waals surface area contributed by atoms with Crippen LogP contribution in [0.2, 0.25) is 19.1 Å². The molecule has 318 valence electrons. The van der Waals surface area contributed by atoms with Gasteiger partial charge in [-0.1, -0.05) is 166 Å². The minimum absolute atomic E-state index is 0.0591. The van der Waals surface area contributed by atoms with Crippen LogP contribution in [0.5, 0.6) is 5.75 Å². The van der Waals surface area contributed by atoms with Gasteiger partial charge in [-0.3, -0.25) is 9.55 Å². The summed E-state index contributed by atoms with van der Waals surface area (Å²) in [5.74, 6) is 1.10. The highest BCUT2D eigenvalue weighted by Crippen LogP contribution is 2.47. The molecule has 0 bridgehead atoms. The van der Waals surface area contributed by atoms with Crippen molar-refractivity contribution in [3.63, 3.8) is 0 Å². The molecule has 0 radical (unpaired) electrons. The van der Waals surface area contributed by atoms with Crippen molar-refractivity contribution >= 4 is 24.3 Å². The van der Waals surface area contributed by atoms with Crippen LogP contribution in [0, 0.1) is 0 Å². The van der Waals surface area contributed by atoms with Crippen LogP contribution >= 0.6 is 0 Å². The van der Waals surface area contributed by atoms with Gasteiger partial charge in [0, 0.05) is 28.5 Å². The van der Waals surface area contributed by atoms with Gasteiger partial charge in [0.05, 0.1) is 36.1 Å². The number of fused-ring (bicyclic) bond motifs is 2. The van der Waals surface area contributed by atoms with Crippen LogP contribution in [-0.2, 0) is 22.7 Å². The molecule has 0 atom stereocenters. The number of benzene rings is 6.